The van der Waals surface area contributed by atoms with Crippen molar-refractivity contribution in [3.8, 4) is 5.75 Å². The Morgan fingerprint density at radius 1 is 1.15 bits per heavy atom. The maximum atomic E-state index is 13.7. The van der Waals surface area contributed by atoms with Gasteiger partial charge in [-0.3, -0.25) is 9.69 Å². The second-order valence-corrected chi connectivity index (χ2v) is 11.8. The van der Waals surface area contributed by atoms with Gasteiger partial charge in [0.15, 0.2) is 15.4 Å². The van der Waals surface area contributed by atoms with Gasteiger partial charge in [-0.25, -0.2) is 13.4 Å². The van der Waals surface area contributed by atoms with Crippen LogP contribution in [0.3, 0.4) is 0 Å². The number of rotatable bonds is 13. The summed E-state index contributed by atoms with van der Waals surface area (Å²) in [6.07, 6.45) is -0.174. The van der Waals surface area contributed by atoms with Crippen molar-refractivity contribution in [1.82, 2.24) is 10.2 Å². The molecule has 4 rings (SSSR count). The number of amides is 1. The third-order valence-corrected chi connectivity index (χ3v) is 8.73. The molecule has 39 heavy (non-hydrogen) atoms. The Bertz CT molecular complexity index is 1220. The van der Waals surface area contributed by atoms with Gasteiger partial charge in [0, 0.05) is 44.8 Å². The number of carbonyl (C=O) groups is 1. The van der Waals surface area contributed by atoms with E-state index < -0.39 is 21.5 Å². The van der Waals surface area contributed by atoms with Crippen molar-refractivity contribution in [3.05, 3.63) is 60.2 Å². The minimum Gasteiger partial charge on any atom is -0.494 e. The number of hydrogen-bond acceptors (Lipinski definition) is 9. The van der Waals surface area contributed by atoms with Crippen LogP contribution >= 0.6 is 0 Å². The summed E-state index contributed by atoms with van der Waals surface area (Å²) >= 11 is 0. The van der Waals surface area contributed by atoms with Crippen LogP contribution in [0.2, 0.25) is 0 Å². The Labute approximate surface area is 229 Å². The molecule has 1 fully saturated rings. The van der Waals surface area contributed by atoms with E-state index in [0.717, 1.165) is 13.1 Å². The van der Waals surface area contributed by atoms with Gasteiger partial charge in [-0.2, -0.15) is 0 Å². The predicted molar refractivity (Wildman–Crippen MR) is 147 cm³/mol. The number of hydrogen-bond donors (Lipinski definition) is 2. The van der Waals surface area contributed by atoms with Gasteiger partial charge in [0.1, 0.15) is 11.9 Å². The lowest BCUT2D eigenvalue weighted by molar-refractivity contribution is -0.128. The smallest absolute Gasteiger partial charge is 0.252 e. The predicted octanol–water partition coefficient (Wildman–Crippen LogP) is 1.66. The van der Waals surface area contributed by atoms with Gasteiger partial charge in [-0.05, 0) is 49.7 Å². The summed E-state index contributed by atoms with van der Waals surface area (Å²) in [5.41, 5.74) is -0.747. The number of aliphatic imine (C=N–C) groups is 1. The lowest BCUT2D eigenvalue weighted by Gasteiger charge is -2.30. The average Bonchev–Trinajstić information content (AvgIpc) is 3.30. The minimum absolute atomic E-state index is 0.0271. The van der Waals surface area contributed by atoms with Crippen molar-refractivity contribution in [2.75, 3.05) is 58.4 Å². The number of nitrogens with zero attached hydrogens (tertiary/aromatic N) is 2. The van der Waals surface area contributed by atoms with Crippen LogP contribution in [0.1, 0.15) is 25.3 Å². The number of aliphatic hydroxyl groups is 1. The molecule has 0 aromatic heterocycles. The van der Waals surface area contributed by atoms with Gasteiger partial charge in [0.25, 0.3) is 5.91 Å². The van der Waals surface area contributed by atoms with Gasteiger partial charge in [-0.15, -0.1) is 0 Å². The molecule has 0 aliphatic carbocycles. The van der Waals surface area contributed by atoms with E-state index in [4.69, 9.17) is 24.3 Å². The third kappa shape index (κ3) is 7.36. The molecule has 1 amide bonds. The molecule has 0 radical (unpaired) electrons. The maximum Gasteiger partial charge on any atom is 0.252 e. The fourth-order valence-corrected chi connectivity index (χ4v) is 5.98. The molecule has 1 saturated heterocycles. The Balaban J connectivity index is 1.53. The molecule has 0 bridgehead atoms. The molecule has 2 aliphatic rings. The first-order valence-electron chi connectivity index (χ1n) is 13.3. The van der Waals surface area contributed by atoms with Crippen LogP contribution in [-0.4, -0.2) is 100 Å². The number of carbonyl (C=O) groups excluding carboxylic acids is 1. The SMILES string of the molecule is C[C@H]1OC(c2ccc(OCCCO)cc2)=N[C@@]1(CCS(=O)(=O)c1ccccc1)C(=O)NCCN1CCOCC1. The van der Waals surface area contributed by atoms with Crippen molar-refractivity contribution in [2.24, 2.45) is 4.99 Å². The number of nitrogens with one attached hydrogen (secondary N) is 1. The van der Waals surface area contributed by atoms with Gasteiger partial charge < -0.3 is 24.6 Å². The summed E-state index contributed by atoms with van der Waals surface area (Å²) in [5, 5.41) is 11.9. The summed E-state index contributed by atoms with van der Waals surface area (Å²) in [6, 6.07) is 15.3. The standard InChI is InChI=1S/C28H37N3O7S/c1-22-28(12-21-39(34,35)25-6-3-2-4-7-25,27(33)29-13-14-31-15-19-36-20-16-31)30-26(38-22)23-8-10-24(11-9-23)37-18-5-17-32/h2-4,6-11,22,32H,5,12-21H2,1H3,(H,29,33)/t22-,28-/m1/s1. The number of ether oxygens (including phenoxy) is 3. The summed E-state index contributed by atoms with van der Waals surface area (Å²) < 4.78 is 43.3. The van der Waals surface area contributed by atoms with Gasteiger partial charge in [-0.1, -0.05) is 18.2 Å². The molecule has 11 heteroatoms. The number of aliphatic hydroxyl groups excluding tert-OH is 1. The number of benzene rings is 2. The van der Waals surface area contributed by atoms with Crippen LogP contribution < -0.4 is 10.1 Å². The van der Waals surface area contributed by atoms with E-state index in [9.17, 15) is 13.2 Å². The molecule has 2 N–H and O–H groups in total. The van der Waals surface area contributed by atoms with Gasteiger partial charge in [0.2, 0.25) is 5.90 Å². The summed E-state index contributed by atoms with van der Waals surface area (Å²) in [6.45, 7) is 6.21. The first kappa shape index (κ1) is 29.0. The van der Waals surface area contributed by atoms with Crippen LogP contribution in [0.5, 0.6) is 5.75 Å². The monoisotopic (exact) mass is 559 g/mol. The van der Waals surface area contributed by atoms with Crippen LogP contribution in [0.25, 0.3) is 0 Å². The lowest BCUT2D eigenvalue weighted by Crippen LogP contribution is -2.53. The third-order valence-electron chi connectivity index (χ3n) is 7.00. The number of sulfone groups is 1. The molecule has 2 aliphatic heterocycles. The van der Waals surface area contributed by atoms with Crippen molar-refractivity contribution in [2.45, 2.75) is 36.3 Å². The number of morpholine rings is 1. The molecule has 2 atom stereocenters. The Morgan fingerprint density at radius 2 is 1.87 bits per heavy atom. The fourth-order valence-electron chi connectivity index (χ4n) is 4.59. The maximum absolute atomic E-state index is 13.7. The summed E-state index contributed by atoms with van der Waals surface area (Å²) in [5.74, 6) is 0.311. The summed E-state index contributed by atoms with van der Waals surface area (Å²) in [4.78, 5) is 20.8. The highest BCUT2D eigenvalue weighted by atomic mass is 32.2. The molecule has 2 aromatic carbocycles. The summed E-state index contributed by atoms with van der Waals surface area (Å²) in [7, 11) is -3.64. The van der Waals surface area contributed by atoms with Crippen LogP contribution in [0.4, 0.5) is 0 Å². The highest BCUT2D eigenvalue weighted by molar-refractivity contribution is 7.91. The molecule has 0 saturated carbocycles. The molecule has 0 spiro atoms. The van der Waals surface area contributed by atoms with Crippen molar-refractivity contribution < 1.29 is 32.5 Å². The van der Waals surface area contributed by atoms with Gasteiger partial charge >= 0.3 is 0 Å². The van der Waals surface area contributed by atoms with E-state index in [1.807, 2.05) is 0 Å². The lowest BCUT2D eigenvalue weighted by atomic mass is 9.90. The molecule has 2 aromatic rings. The zero-order chi connectivity index (χ0) is 27.7. The Morgan fingerprint density at radius 3 is 2.56 bits per heavy atom. The van der Waals surface area contributed by atoms with E-state index in [0.29, 0.717) is 50.6 Å². The van der Waals surface area contributed by atoms with E-state index >= 15 is 0 Å². The van der Waals surface area contributed by atoms with E-state index in [1.165, 1.54) is 0 Å². The molecular weight excluding hydrogens is 522 g/mol. The topological polar surface area (TPSA) is 127 Å². The normalized spacial score (nSPS) is 21.7. The minimum atomic E-state index is -3.64. The fraction of sp³-hybridized carbons (Fsp3) is 0.500. The van der Waals surface area contributed by atoms with Crippen molar-refractivity contribution in [3.63, 3.8) is 0 Å². The highest BCUT2D eigenvalue weighted by Crippen LogP contribution is 2.33. The molecule has 2 heterocycles. The van der Waals surface area contributed by atoms with Crippen LogP contribution in [0.15, 0.2) is 64.5 Å². The first-order chi connectivity index (χ1) is 18.8. The largest absolute Gasteiger partial charge is 0.494 e. The van der Waals surface area contributed by atoms with Crippen molar-refractivity contribution in [1.29, 1.82) is 0 Å². The molecule has 212 valence electrons. The molecule has 10 nitrogen and oxygen atoms in total. The van der Waals surface area contributed by atoms with Gasteiger partial charge in [0.05, 0.1) is 30.5 Å². The van der Waals surface area contributed by atoms with Crippen molar-refractivity contribution >= 4 is 21.6 Å². The first-order valence-corrected chi connectivity index (χ1v) is 15.0. The zero-order valence-corrected chi connectivity index (χ0v) is 23.1. The zero-order valence-electron chi connectivity index (χ0n) is 22.3. The van der Waals surface area contributed by atoms with E-state index in [2.05, 4.69) is 10.2 Å². The van der Waals surface area contributed by atoms with Crippen LogP contribution in [-0.2, 0) is 24.1 Å². The second kappa shape index (κ2) is 13.4. The van der Waals surface area contributed by atoms with E-state index in [-0.39, 0.29) is 35.5 Å². The van der Waals surface area contributed by atoms with E-state index in [1.54, 1.807) is 61.5 Å². The second-order valence-electron chi connectivity index (χ2n) is 9.64. The Hall–Kier alpha value is -2.99. The molecular formula is C28H37N3O7S. The van der Waals surface area contributed by atoms with Crippen LogP contribution in [0, 0.1) is 0 Å². The highest BCUT2D eigenvalue weighted by Gasteiger charge is 2.50. The quantitative estimate of drug-likeness (QED) is 0.355. The Kier molecular flexibility index (Phi) is 9.95. The molecule has 0 unspecified atom stereocenters. The average molecular weight is 560 g/mol.